The Kier molecular flexibility index (Phi) is 8.77. The summed E-state index contributed by atoms with van der Waals surface area (Å²) in [7, 11) is 0. The van der Waals surface area contributed by atoms with Crippen LogP contribution in [0.3, 0.4) is 0 Å². The lowest BCUT2D eigenvalue weighted by Crippen LogP contribution is -2.40. The smallest absolute Gasteiger partial charge is 0.325 e. The van der Waals surface area contributed by atoms with Gasteiger partial charge in [0.1, 0.15) is 13.1 Å². The Balaban J connectivity index is 3.02. The van der Waals surface area contributed by atoms with Crippen LogP contribution < -0.4 is 15.8 Å². The summed E-state index contributed by atoms with van der Waals surface area (Å²) in [5, 5.41) is 0. The maximum absolute atomic E-state index is 12.0. The van der Waals surface area contributed by atoms with Gasteiger partial charge in [0.2, 0.25) is 5.91 Å². The first-order chi connectivity index (χ1) is 12.8. The zero-order chi connectivity index (χ0) is 20.4. The number of nitrogens with zero attached hydrogens (tertiary/aromatic N) is 1. The molecular formula is C18H25N3O6. The maximum atomic E-state index is 12.0. The third kappa shape index (κ3) is 7.35. The van der Waals surface area contributed by atoms with Gasteiger partial charge in [-0.3, -0.25) is 30.0 Å². The van der Waals surface area contributed by atoms with Crippen molar-refractivity contribution in [3.63, 3.8) is 0 Å². The molecule has 1 aromatic rings. The molecule has 1 aromatic carbocycles. The summed E-state index contributed by atoms with van der Waals surface area (Å²) < 4.78 is 9.91. The summed E-state index contributed by atoms with van der Waals surface area (Å²) in [4.78, 5) is 48.2. The fraction of sp³-hybridized carbons (Fsp3) is 0.444. The first-order valence-corrected chi connectivity index (χ1v) is 8.52. The molecule has 2 amide bonds. The molecule has 0 spiro atoms. The van der Waals surface area contributed by atoms with Crippen molar-refractivity contribution in [3.05, 3.63) is 29.3 Å². The number of hydrazine groups is 1. The molecular weight excluding hydrogens is 354 g/mol. The minimum absolute atomic E-state index is 0.134. The average molecular weight is 379 g/mol. The second-order valence-electron chi connectivity index (χ2n) is 5.60. The lowest BCUT2D eigenvalue weighted by molar-refractivity contribution is -0.142. The van der Waals surface area contributed by atoms with E-state index in [4.69, 9.17) is 9.47 Å². The topological polar surface area (TPSA) is 114 Å². The molecule has 0 aromatic heterocycles. The number of nitrogens with one attached hydrogen (secondary N) is 2. The third-order valence-electron chi connectivity index (χ3n) is 3.40. The van der Waals surface area contributed by atoms with Crippen molar-refractivity contribution >= 4 is 29.4 Å². The Bertz CT molecular complexity index is 684. The number of ether oxygens (including phenoxy) is 2. The van der Waals surface area contributed by atoms with Crippen molar-refractivity contribution in [2.45, 2.75) is 27.7 Å². The standard InChI is InChI=1S/C18H25N3O6/c1-5-26-16(23)10-21(11-17(24)27-6-2)15-8-7-14(9-12(15)3)18(25)20-19-13(4)22/h7-9H,5-6,10-11H2,1-4H3,(H,19,22)(H,20,25). The molecule has 2 N–H and O–H groups in total. The van der Waals surface area contributed by atoms with Gasteiger partial charge in [-0.15, -0.1) is 0 Å². The Morgan fingerprint density at radius 3 is 1.96 bits per heavy atom. The van der Waals surface area contributed by atoms with Crippen molar-refractivity contribution in [1.82, 2.24) is 10.9 Å². The third-order valence-corrected chi connectivity index (χ3v) is 3.40. The van der Waals surface area contributed by atoms with E-state index in [0.717, 1.165) is 0 Å². The molecule has 0 fully saturated rings. The van der Waals surface area contributed by atoms with Crippen LogP contribution in [0.15, 0.2) is 18.2 Å². The first-order valence-electron chi connectivity index (χ1n) is 8.52. The monoisotopic (exact) mass is 379 g/mol. The van der Waals surface area contributed by atoms with E-state index in [1.54, 1.807) is 32.9 Å². The van der Waals surface area contributed by atoms with Crippen LogP contribution in [0.5, 0.6) is 0 Å². The molecule has 0 aliphatic carbocycles. The molecule has 0 atom stereocenters. The molecule has 0 saturated carbocycles. The van der Waals surface area contributed by atoms with E-state index in [9.17, 15) is 19.2 Å². The van der Waals surface area contributed by atoms with Crippen LogP contribution >= 0.6 is 0 Å². The Morgan fingerprint density at radius 2 is 1.52 bits per heavy atom. The molecule has 9 nitrogen and oxygen atoms in total. The van der Waals surface area contributed by atoms with Crippen LogP contribution in [0.1, 0.15) is 36.7 Å². The predicted molar refractivity (Wildman–Crippen MR) is 97.9 cm³/mol. The summed E-state index contributed by atoms with van der Waals surface area (Å²) in [6.45, 7) is 6.60. The Labute approximate surface area is 158 Å². The SMILES string of the molecule is CCOC(=O)CN(CC(=O)OCC)c1ccc(C(=O)NNC(C)=O)cc1C. The van der Waals surface area contributed by atoms with Crippen molar-refractivity contribution in [3.8, 4) is 0 Å². The fourth-order valence-corrected chi connectivity index (χ4v) is 2.32. The first kappa shape index (κ1) is 21.9. The number of carbonyl (C=O) groups is 4. The maximum Gasteiger partial charge on any atom is 0.325 e. The number of benzene rings is 1. The van der Waals surface area contributed by atoms with Gasteiger partial charge in [-0.25, -0.2) is 0 Å². The number of carbonyl (C=O) groups excluding carboxylic acids is 4. The molecule has 0 aliphatic heterocycles. The molecule has 0 saturated heterocycles. The van der Waals surface area contributed by atoms with Gasteiger partial charge in [0.05, 0.1) is 13.2 Å². The van der Waals surface area contributed by atoms with E-state index in [0.29, 0.717) is 16.8 Å². The van der Waals surface area contributed by atoms with Gasteiger partial charge in [0.15, 0.2) is 0 Å². The average Bonchev–Trinajstić information content (AvgIpc) is 2.59. The van der Waals surface area contributed by atoms with Crippen molar-refractivity contribution in [2.24, 2.45) is 0 Å². The van der Waals surface area contributed by atoms with Gasteiger partial charge < -0.3 is 14.4 Å². The number of rotatable bonds is 8. The molecule has 0 aliphatic rings. The van der Waals surface area contributed by atoms with Crippen LogP contribution in [0.4, 0.5) is 5.69 Å². The van der Waals surface area contributed by atoms with Crippen LogP contribution in [0, 0.1) is 6.92 Å². The number of amides is 2. The molecule has 148 valence electrons. The summed E-state index contributed by atoms with van der Waals surface area (Å²) in [5.41, 5.74) is 6.05. The number of aryl methyl sites for hydroxylation is 1. The largest absolute Gasteiger partial charge is 0.465 e. The Morgan fingerprint density at radius 1 is 0.963 bits per heavy atom. The normalized spacial score (nSPS) is 9.93. The van der Waals surface area contributed by atoms with Crippen LogP contribution in [0.2, 0.25) is 0 Å². The molecule has 0 heterocycles. The molecule has 0 radical (unpaired) electrons. The summed E-state index contributed by atoms with van der Waals surface area (Å²) in [6.07, 6.45) is 0. The molecule has 0 unspecified atom stereocenters. The summed E-state index contributed by atoms with van der Waals surface area (Å²) in [6, 6.07) is 4.75. The lowest BCUT2D eigenvalue weighted by atomic mass is 10.1. The fourth-order valence-electron chi connectivity index (χ4n) is 2.32. The minimum atomic E-state index is -0.484. The van der Waals surface area contributed by atoms with Crippen molar-refractivity contribution in [1.29, 1.82) is 0 Å². The van der Waals surface area contributed by atoms with Crippen molar-refractivity contribution in [2.75, 3.05) is 31.2 Å². The van der Waals surface area contributed by atoms with E-state index in [1.165, 1.54) is 17.9 Å². The summed E-state index contributed by atoms with van der Waals surface area (Å²) in [5.74, 6) is -1.84. The molecule has 9 heteroatoms. The number of anilines is 1. The van der Waals surface area contributed by atoms with E-state index in [1.807, 2.05) is 0 Å². The Hall–Kier alpha value is -3.10. The zero-order valence-corrected chi connectivity index (χ0v) is 16.0. The lowest BCUT2D eigenvalue weighted by Gasteiger charge is -2.24. The van der Waals surface area contributed by atoms with Gasteiger partial charge >= 0.3 is 11.9 Å². The highest BCUT2D eigenvalue weighted by Crippen LogP contribution is 2.21. The highest BCUT2D eigenvalue weighted by atomic mass is 16.5. The zero-order valence-electron chi connectivity index (χ0n) is 16.0. The van der Waals surface area contributed by atoms with Crippen LogP contribution in [-0.2, 0) is 23.9 Å². The van der Waals surface area contributed by atoms with E-state index in [-0.39, 0.29) is 26.3 Å². The van der Waals surface area contributed by atoms with E-state index < -0.39 is 23.8 Å². The highest BCUT2D eigenvalue weighted by molar-refractivity contribution is 5.96. The summed E-state index contributed by atoms with van der Waals surface area (Å²) >= 11 is 0. The number of hydrogen-bond donors (Lipinski definition) is 2. The number of esters is 2. The van der Waals surface area contributed by atoms with Gasteiger partial charge in [0.25, 0.3) is 5.91 Å². The minimum Gasteiger partial charge on any atom is -0.465 e. The highest BCUT2D eigenvalue weighted by Gasteiger charge is 2.19. The van der Waals surface area contributed by atoms with Gasteiger partial charge in [0, 0.05) is 18.2 Å². The van der Waals surface area contributed by atoms with Gasteiger partial charge in [-0.05, 0) is 44.5 Å². The van der Waals surface area contributed by atoms with Crippen molar-refractivity contribution < 1.29 is 28.7 Å². The molecule has 27 heavy (non-hydrogen) atoms. The second-order valence-corrected chi connectivity index (χ2v) is 5.60. The predicted octanol–water partition coefficient (Wildman–Crippen LogP) is 0.709. The van der Waals surface area contributed by atoms with Gasteiger partial charge in [-0.2, -0.15) is 0 Å². The molecule has 0 bridgehead atoms. The van der Waals surface area contributed by atoms with E-state index in [2.05, 4.69) is 10.9 Å². The molecule has 1 rings (SSSR count). The van der Waals surface area contributed by atoms with Crippen LogP contribution in [-0.4, -0.2) is 50.1 Å². The van der Waals surface area contributed by atoms with Crippen LogP contribution in [0.25, 0.3) is 0 Å². The quantitative estimate of drug-likeness (QED) is 0.505. The number of hydrogen-bond acceptors (Lipinski definition) is 7. The second kappa shape index (κ2) is 10.8. The van der Waals surface area contributed by atoms with Gasteiger partial charge in [-0.1, -0.05) is 0 Å². The van der Waals surface area contributed by atoms with E-state index >= 15 is 0 Å².